The van der Waals surface area contributed by atoms with Gasteiger partial charge in [-0.3, -0.25) is 4.68 Å². The minimum absolute atomic E-state index is 0.174. The maximum absolute atomic E-state index is 9.44. The first-order valence-corrected chi connectivity index (χ1v) is 5.48. The van der Waals surface area contributed by atoms with Crippen molar-refractivity contribution in [1.29, 1.82) is 0 Å². The molecule has 1 aliphatic rings. The number of aromatic nitrogens is 2. The first-order valence-electron chi connectivity index (χ1n) is 5.48. The molecule has 0 unspecified atom stereocenters. The van der Waals surface area contributed by atoms with E-state index < -0.39 is 0 Å². The van der Waals surface area contributed by atoms with Crippen LogP contribution in [-0.4, -0.2) is 33.6 Å². The summed E-state index contributed by atoms with van der Waals surface area (Å²) in [6, 6.07) is 0.404. The van der Waals surface area contributed by atoms with Gasteiger partial charge >= 0.3 is 0 Å². The van der Waals surface area contributed by atoms with E-state index in [1.165, 1.54) is 11.3 Å². The van der Waals surface area contributed by atoms with E-state index in [1.807, 2.05) is 18.7 Å². The number of nitrogens with zero attached hydrogens (tertiary/aromatic N) is 2. The van der Waals surface area contributed by atoms with Crippen molar-refractivity contribution in [2.75, 3.05) is 6.54 Å². The van der Waals surface area contributed by atoms with Gasteiger partial charge in [0.15, 0.2) is 0 Å². The Morgan fingerprint density at radius 3 is 2.73 bits per heavy atom. The van der Waals surface area contributed by atoms with Crippen molar-refractivity contribution < 1.29 is 5.11 Å². The lowest BCUT2D eigenvalue weighted by atomic mass is 10.0. The van der Waals surface area contributed by atoms with Crippen molar-refractivity contribution in [2.24, 2.45) is 7.05 Å². The third-order valence-corrected chi connectivity index (χ3v) is 3.31. The minimum Gasteiger partial charge on any atom is -0.392 e. The number of nitrogens with one attached hydrogen (secondary N) is 1. The quantitative estimate of drug-likeness (QED) is 0.736. The normalized spacial score (nSPS) is 26.1. The Balaban J connectivity index is 2.10. The van der Waals surface area contributed by atoms with Crippen LogP contribution in [0.3, 0.4) is 0 Å². The van der Waals surface area contributed by atoms with Crippen LogP contribution in [0.4, 0.5) is 0 Å². The second-order valence-corrected chi connectivity index (χ2v) is 4.47. The zero-order chi connectivity index (χ0) is 11.0. The zero-order valence-corrected chi connectivity index (χ0v) is 9.62. The van der Waals surface area contributed by atoms with Crippen molar-refractivity contribution in [3.63, 3.8) is 0 Å². The number of hydrogen-bond donors (Lipinski definition) is 2. The molecular weight excluding hydrogens is 190 g/mol. The molecule has 1 saturated heterocycles. The van der Waals surface area contributed by atoms with Gasteiger partial charge in [-0.15, -0.1) is 0 Å². The minimum atomic E-state index is -0.174. The lowest BCUT2D eigenvalue weighted by Gasteiger charge is -2.10. The first kappa shape index (κ1) is 10.6. The Morgan fingerprint density at radius 2 is 2.27 bits per heavy atom. The van der Waals surface area contributed by atoms with Gasteiger partial charge in [0.1, 0.15) is 0 Å². The van der Waals surface area contributed by atoms with Crippen LogP contribution >= 0.6 is 0 Å². The molecule has 1 aliphatic heterocycles. The van der Waals surface area contributed by atoms with Crippen LogP contribution in [0.2, 0.25) is 0 Å². The molecule has 2 heterocycles. The molecule has 2 N–H and O–H groups in total. The van der Waals surface area contributed by atoms with Crippen LogP contribution in [0.25, 0.3) is 0 Å². The van der Waals surface area contributed by atoms with E-state index in [0.717, 1.165) is 25.1 Å². The Labute approximate surface area is 90.3 Å². The summed E-state index contributed by atoms with van der Waals surface area (Å²) in [5.74, 6) is 0. The number of rotatable bonds is 2. The Bertz CT molecular complexity index is 359. The topological polar surface area (TPSA) is 50.1 Å². The summed E-state index contributed by atoms with van der Waals surface area (Å²) in [5.41, 5.74) is 3.66. The van der Waals surface area contributed by atoms with Gasteiger partial charge in [-0.1, -0.05) is 0 Å². The average molecular weight is 209 g/mol. The van der Waals surface area contributed by atoms with Gasteiger partial charge < -0.3 is 10.4 Å². The molecule has 84 valence electrons. The van der Waals surface area contributed by atoms with Crippen molar-refractivity contribution in [3.8, 4) is 0 Å². The van der Waals surface area contributed by atoms with Gasteiger partial charge in [-0.05, 0) is 32.3 Å². The molecule has 0 aliphatic carbocycles. The molecule has 0 saturated carbocycles. The van der Waals surface area contributed by atoms with E-state index in [4.69, 9.17) is 0 Å². The van der Waals surface area contributed by atoms with Crippen LogP contribution in [0.1, 0.15) is 23.4 Å². The standard InChI is InChI=1S/C11H19N3O/c1-7-11(8(2)14(3)13-7)5-9-4-10(15)6-12-9/h9-10,12,15H,4-6H2,1-3H3/t9-,10+/m1/s1. The molecule has 2 rings (SSSR count). The lowest BCUT2D eigenvalue weighted by molar-refractivity contribution is 0.193. The maximum Gasteiger partial charge on any atom is 0.0679 e. The third kappa shape index (κ3) is 2.06. The second kappa shape index (κ2) is 3.94. The van der Waals surface area contributed by atoms with Gasteiger partial charge in [0.05, 0.1) is 11.8 Å². The maximum atomic E-state index is 9.44. The van der Waals surface area contributed by atoms with Gasteiger partial charge in [0.25, 0.3) is 0 Å². The van der Waals surface area contributed by atoms with Crippen LogP contribution in [0, 0.1) is 13.8 Å². The van der Waals surface area contributed by atoms with Crippen LogP contribution in [0.5, 0.6) is 0 Å². The van der Waals surface area contributed by atoms with Gasteiger partial charge in [0.2, 0.25) is 0 Å². The van der Waals surface area contributed by atoms with Crippen molar-refractivity contribution in [1.82, 2.24) is 15.1 Å². The molecular formula is C11H19N3O. The van der Waals surface area contributed by atoms with Gasteiger partial charge in [-0.2, -0.15) is 5.10 Å². The molecule has 4 nitrogen and oxygen atoms in total. The van der Waals surface area contributed by atoms with Crippen molar-refractivity contribution >= 4 is 0 Å². The highest BCUT2D eigenvalue weighted by Gasteiger charge is 2.24. The molecule has 0 spiro atoms. The van der Waals surface area contributed by atoms with Gasteiger partial charge in [0, 0.05) is 25.3 Å². The predicted octanol–water partition coefficient (Wildman–Crippen LogP) is 0.302. The SMILES string of the molecule is Cc1nn(C)c(C)c1C[C@H]1C[C@H](O)CN1. The van der Waals surface area contributed by atoms with E-state index in [0.29, 0.717) is 6.04 Å². The highest BCUT2D eigenvalue weighted by Crippen LogP contribution is 2.18. The van der Waals surface area contributed by atoms with Crippen LogP contribution in [-0.2, 0) is 13.5 Å². The number of aryl methyl sites for hydroxylation is 2. The van der Waals surface area contributed by atoms with Crippen LogP contribution < -0.4 is 5.32 Å². The first-order chi connectivity index (χ1) is 7.08. The highest BCUT2D eigenvalue weighted by atomic mass is 16.3. The van der Waals surface area contributed by atoms with E-state index in [1.54, 1.807) is 0 Å². The van der Waals surface area contributed by atoms with Crippen molar-refractivity contribution in [2.45, 2.75) is 38.8 Å². The Hall–Kier alpha value is -0.870. The molecule has 1 aromatic rings. The molecule has 0 radical (unpaired) electrons. The van der Waals surface area contributed by atoms with E-state index >= 15 is 0 Å². The van der Waals surface area contributed by atoms with Gasteiger partial charge in [-0.25, -0.2) is 0 Å². The fraction of sp³-hybridized carbons (Fsp3) is 0.727. The molecule has 0 amide bonds. The molecule has 4 heteroatoms. The summed E-state index contributed by atoms with van der Waals surface area (Å²) in [7, 11) is 1.97. The van der Waals surface area contributed by atoms with E-state index in [9.17, 15) is 5.11 Å². The lowest BCUT2D eigenvalue weighted by Crippen LogP contribution is -2.24. The van der Waals surface area contributed by atoms with Crippen LogP contribution in [0.15, 0.2) is 0 Å². The van der Waals surface area contributed by atoms with E-state index in [-0.39, 0.29) is 6.10 Å². The fourth-order valence-corrected chi connectivity index (χ4v) is 2.31. The number of aliphatic hydroxyl groups is 1. The zero-order valence-electron chi connectivity index (χ0n) is 9.62. The number of β-amino-alcohol motifs (C(OH)–C–C–N with tert-alkyl or cyclic N) is 1. The fourth-order valence-electron chi connectivity index (χ4n) is 2.31. The summed E-state index contributed by atoms with van der Waals surface area (Å²) in [5, 5.41) is 17.2. The molecule has 0 aromatic carbocycles. The summed E-state index contributed by atoms with van der Waals surface area (Å²) in [6.07, 6.45) is 1.66. The second-order valence-electron chi connectivity index (χ2n) is 4.47. The summed E-state index contributed by atoms with van der Waals surface area (Å²) in [4.78, 5) is 0. The molecule has 2 atom stereocenters. The third-order valence-electron chi connectivity index (χ3n) is 3.31. The Kier molecular flexibility index (Phi) is 2.80. The molecule has 1 fully saturated rings. The molecule has 15 heavy (non-hydrogen) atoms. The summed E-state index contributed by atoms with van der Waals surface area (Å²) >= 11 is 0. The van der Waals surface area contributed by atoms with E-state index in [2.05, 4.69) is 17.3 Å². The number of aliphatic hydroxyl groups excluding tert-OH is 1. The summed E-state index contributed by atoms with van der Waals surface area (Å²) in [6.45, 7) is 4.87. The smallest absolute Gasteiger partial charge is 0.0679 e. The largest absolute Gasteiger partial charge is 0.392 e. The molecule has 0 bridgehead atoms. The average Bonchev–Trinajstić information content (AvgIpc) is 2.67. The molecule has 1 aromatic heterocycles. The monoisotopic (exact) mass is 209 g/mol. The Morgan fingerprint density at radius 1 is 1.53 bits per heavy atom. The van der Waals surface area contributed by atoms with Crippen molar-refractivity contribution in [3.05, 3.63) is 17.0 Å². The number of hydrogen-bond acceptors (Lipinski definition) is 3. The predicted molar refractivity (Wildman–Crippen MR) is 58.8 cm³/mol. The summed E-state index contributed by atoms with van der Waals surface area (Å²) < 4.78 is 1.93. The highest BCUT2D eigenvalue weighted by molar-refractivity contribution is 5.25.